The minimum absolute atomic E-state index is 0.797. The number of hydrazine groups is 1. The van der Waals surface area contributed by atoms with Crippen molar-refractivity contribution in [2.45, 2.75) is 5.12 Å². The molecular formula is C5H8ClN3. The Bertz CT molecular complexity index is 154. The molecule has 1 heterocycles. The van der Waals surface area contributed by atoms with Crippen molar-refractivity contribution in [2.24, 2.45) is 5.84 Å². The fraction of sp³-hybridized carbons (Fsp3) is 0.200. The lowest BCUT2D eigenvalue weighted by Crippen LogP contribution is -2.52. The quantitative estimate of drug-likeness (QED) is 0.211. The van der Waals surface area contributed by atoms with E-state index in [4.69, 9.17) is 17.4 Å². The highest BCUT2D eigenvalue weighted by molar-refractivity contribution is 6.24. The molecule has 1 aliphatic heterocycles. The maximum Gasteiger partial charge on any atom is 0.197 e. The van der Waals surface area contributed by atoms with Crippen LogP contribution in [0.3, 0.4) is 0 Å². The van der Waals surface area contributed by atoms with Gasteiger partial charge >= 0.3 is 0 Å². The number of alkyl halides is 1. The summed E-state index contributed by atoms with van der Waals surface area (Å²) in [5, 5.41) is 2.01. The summed E-state index contributed by atoms with van der Waals surface area (Å²) in [5.41, 5.74) is 2.40. The first-order chi connectivity index (χ1) is 4.27. The molecule has 0 aromatic heterocycles. The monoisotopic (exact) mass is 145 g/mol. The van der Waals surface area contributed by atoms with Gasteiger partial charge < -0.3 is 5.32 Å². The second-order valence-corrected chi connectivity index (χ2v) is 2.31. The number of hydrogen-bond donors (Lipinski definition) is 3. The first-order valence-electron chi connectivity index (χ1n) is 2.56. The van der Waals surface area contributed by atoms with Crippen molar-refractivity contribution >= 4 is 11.6 Å². The topological polar surface area (TPSA) is 50.1 Å². The van der Waals surface area contributed by atoms with E-state index in [0.29, 0.717) is 0 Å². The molecule has 0 bridgehead atoms. The van der Waals surface area contributed by atoms with E-state index < -0.39 is 5.12 Å². The molecule has 0 aromatic carbocycles. The molecule has 0 aliphatic carbocycles. The van der Waals surface area contributed by atoms with Crippen molar-refractivity contribution < 1.29 is 0 Å². The van der Waals surface area contributed by atoms with E-state index in [-0.39, 0.29) is 0 Å². The van der Waals surface area contributed by atoms with Gasteiger partial charge in [0.25, 0.3) is 0 Å². The number of nitrogens with one attached hydrogen (secondary N) is 2. The van der Waals surface area contributed by atoms with Gasteiger partial charge in [0.15, 0.2) is 5.12 Å². The van der Waals surface area contributed by atoms with Crippen LogP contribution in [0.1, 0.15) is 0 Å². The van der Waals surface area contributed by atoms with Crippen LogP contribution in [0.4, 0.5) is 0 Å². The van der Waals surface area contributed by atoms with Crippen LogP contribution < -0.4 is 16.6 Å². The lowest BCUT2D eigenvalue weighted by atomic mass is 10.3. The van der Waals surface area contributed by atoms with E-state index >= 15 is 0 Å². The first kappa shape index (κ1) is 6.61. The number of nitrogens with two attached hydrogens (primary N) is 1. The molecule has 0 amide bonds. The highest BCUT2D eigenvalue weighted by atomic mass is 35.5. The molecule has 0 saturated heterocycles. The Hall–Kier alpha value is -0.510. The van der Waals surface area contributed by atoms with Crippen LogP contribution in [0.5, 0.6) is 0 Å². The van der Waals surface area contributed by atoms with Crippen LogP contribution in [0.25, 0.3) is 0 Å². The number of hydrogen-bond acceptors (Lipinski definition) is 3. The van der Waals surface area contributed by atoms with Gasteiger partial charge in [0.1, 0.15) is 0 Å². The van der Waals surface area contributed by atoms with Crippen LogP contribution >= 0.6 is 11.6 Å². The molecular weight excluding hydrogens is 138 g/mol. The Labute approximate surface area is 58.5 Å². The maximum atomic E-state index is 5.77. The van der Waals surface area contributed by atoms with Crippen LogP contribution in [0.15, 0.2) is 24.4 Å². The van der Waals surface area contributed by atoms with E-state index in [1.165, 1.54) is 0 Å². The minimum atomic E-state index is -0.797. The van der Waals surface area contributed by atoms with Crippen LogP contribution in [0.2, 0.25) is 0 Å². The first-order valence-corrected chi connectivity index (χ1v) is 2.93. The molecule has 1 unspecified atom stereocenters. The van der Waals surface area contributed by atoms with Gasteiger partial charge in [-0.1, -0.05) is 17.7 Å². The predicted molar refractivity (Wildman–Crippen MR) is 37.3 cm³/mol. The van der Waals surface area contributed by atoms with Crippen molar-refractivity contribution in [1.82, 2.24) is 10.7 Å². The Morgan fingerprint density at radius 2 is 2.33 bits per heavy atom. The van der Waals surface area contributed by atoms with Gasteiger partial charge in [-0.15, -0.1) is 0 Å². The SMILES string of the molecule is NNC1(Cl)C=CC=CN1. The summed E-state index contributed by atoms with van der Waals surface area (Å²) < 4.78 is 0. The lowest BCUT2D eigenvalue weighted by Gasteiger charge is -2.24. The Balaban J connectivity index is 2.63. The summed E-state index contributed by atoms with van der Waals surface area (Å²) in [5.74, 6) is 5.11. The highest BCUT2D eigenvalue weighted by Gasteiger charge is 2.19. The van der Waals surface area contributed by atoms with E-state index in [0.717, 1.165) is 0 Å². The zero-order chi connectivity index (χ0) is 6.74. The number of dihydropyridines is 1. The molecule has 3 nitrogen and oxygen atoms in total. The summed E-state index contributed by atoms with van der Waals surface area (Å²) in [4.78, 5) is 0. The molecule has 4 N–H and O–H groups in total. The van der Waals surface area contributed by atoms with Crippen LogP contribution in [-0.2, 0) is 0 Å². The third-order valence-corrected chi connectivity index (χ3v) is 1.38. The van der Waals surface area contributed by atoms with Crippen molar-refractivity contribution in [3.63, 3.8) is 0 Å². The number of rotatable bonds is 1. The molecule has 0 spiro atoms. The third kappa shape index (κ3) is 1.45. The molecule has 0 saturated carbocycles. The second kappa shape index (κ2) is 2.39. The van der Waals surface area contributed by atoms with Gasteiger partial charge in [-0.3, -0.25) is 5.84 Å². The van der Waals surface area contributed by atoms with Gasteiger partial charge in [0, 0.05) is 0 Å². The largest absolute Gasteiger partial charge is 0.357 e. The zero-order valence-electron chi connectivity index (χ0n) is 4.76. The fourth-order valence-electron chi connectivity index (χ4n) is 0.551. The van der Waals surface area contributed by atoms with E-state index in [9.17, 15) is 0 Å². The molecule has 4 heteroatoms. The van der Waals surface area contributed by atoms with Gasteiger partial charge in [-0.2, -0.15) is 0 Å². The molecule has 1 rings (SSSR count). The Kier molecular flexibility index (Phi) is 1.75. The molecule has 9 heavy (non-hydrogen) atoms. The summed E-state index contributed by atoms with van der Waals surface area (Å²) in [6.07, 6.45) is 7.07. The van der Waals surface area contributed by atoms with E-state index in [2.05, 4.69) is 10.7 Å². The summed E-state index contributed by atoms with van der Waals surface area (Å²) in [7, 11) is 0. The van der Waals surface area contributed by atoms with E-state index in [1.54, 1.807) is 12.3 Å². The van der Waals surface area contributed by atoms with Gasteiger partial charge in [0.2, 0.25) is 0 Å². The highest BCUT2D eigenvalue weighted by Crippen LogP contribution is 2.09. The third-order valence-electron chi connectivity index (χ3n) is 1.04. The second-order valence-electron chi connectivity index (χ2n) is 1.72. The minimum Gasteiger partial charge on any atom is -0.357 e. The van der Waals surface area contributed by atoms with Crippen molar-refractivity contribution in [3.8, 4) is 0 Å². The number of halogens is 1. The fourth-order valence-corrected chi connectivity index (χ4v) is 0.687. The number of allylic oxidation sites excluding steroid dienone is 2. The Morgan fingerprint density at radius 3 is 2.67 bits per heavy atom. The van der Waals surface area contributed by atoms with E-state index in [1.807, 2.05) is 12.2 Å². The smallest absolute Gasteiger partial charge is 0.197 e. The van der Waals surface area contributed by atoms with Crippen LogP contribution in [-0.4, -0.2) is 5.12 Å². The van der Waals surface area contributed by atoms with Crippen molar-refractivity contribution in [1.29, 1.82) is 0 Å². The molecule has 1 aliphatic rings. The predicted octanol–water partition coefficient (Wildman–Crippen LogP) is 0.0154. The summed E-state index contributed by atoms with van der Waals surface area (Å²) >= 11 is 5.77. The Morgan fingerprint density at radius 1 is 1.56 bits per heavy atom. The maximum absolute atomic E-state index is 5.77. The summed E-state index contributed by atoms with van der Waals surface area (Å²) in [6, 6.07) is 0. The lowest BCUT2D eigenvalue weighted by molar-refractivity contribution is 0.506. The average Bonchev–Trinajstić information content (AvgIpc) is 1.90. The van der Waals surface area contributed by atoms with Gasteiger partial charge in [-0.25, -0.2) is 5.43 Å². The average molecular weight is 146 g/mol. The van der Waals surface area contributed by atoms with Crippen molar-refractivity contribution in [2.75, 3.05) is 0 Å². The van der Waals surface area contributed by atoms with Gasteiger partial charge in [-0.05, 0) is 18.4 Å². The molecule has 50 valence electrons. The zero-order valence-corrected chi connectivity index (χ0v) is 5.52. The molecule has 0 radical (unpaired) electrons. The molecule has 0 aromatic rings. The van der Waals surface area contributed by atoms with Crippen molar-refractivity contribution in [3.05, 3.63) is 24.4 Å². The van der Waals surface area contributed by atoms with Gasteiger partial charge in [0.05, 0.1) is 0 Å². The molecule has 1 atom stereocenters. The summed E-state index contributed by atoms with van der Waals surface area (Å²) in [6.45, 7) is 0. The standard InChI is InChI=1S/C5H8ClN3/c6-5(9-7)3-1-2-4-8-5/h1-4,8-9H,7H2. The van der Waals surface area contributed by atoms with Crippen LogP contribution in [0, 0.1) is 0 Å². The molecule has 0 fully saturated rings. The normalized spacial score (nSPS) is 32.2.